The van der Waals surface area contributed by atoms with Crippen LogP contribution in [0.4, 0.5) is 0 Å². The van der Waals surface area contributed by atoms with Crippen LogP contribution in [0.25, 0.3) is 0 Å². The normalized spacial score (nSPS) is 17.8. The number of carbonyl (C=O) groups excluding carboxylic acids is 1. The van der Waals surface area contributed by atoms with Crippen LogP contribution in [0, 0.1) is 0 Å². The average Bonchev–Trinajstić information content (AvgIpc) is 2.80. The van der Waals surface area contributed by atoms with Gasteiger partial charge in [-0.25, -0.2) is 13.1 Å². The lowest BCUT2D eigenvalue weighted by atomic mass is 10.1. The van der Waals surface area contributed by atoms with Gasteiger partial charge in [0, 0.05) is 10.9 Å². The van der Waals surface area contributed by atoms with E-state index in [-0.39, 0.29) is 29.6 Å². The van der Waals surface area contributed by atoms with E-state index >= 15 is 0 Å². The number of hydrogen-bond acceptors (Lipinski definition) is 5. The van der Waals surface area contributed by atoms with Gasteiger partial charge in [0.05, 0.1) is 5.75 Å². The van der Waals surface area contributed by atoms with Gasteiger partial charge in [0.25, 0.3) is 0 Å². The molecule has 0 aliphatic carbocycles. The standard InChI is InChI=1S/C14H19NO4S2/c1-10(2)15-21(17,18)8-7-19-14(16)13-9-11-5-3-4-6-12(11)20-13/h3-6,10,13,15H,7-9H2,1-2H3. The quantitative estimate of drug-likeness (QED) is 0.802. The van der Waals surface area contributed by atoms with Gasteiger partial charge in [-0.2, -0.15) is 0 Å². The lowest BCUT2D eigenvalue weighted by molar-refractivity contribution is -0.142. The monoisotopic (exact) mass is 329 g/mol. The van der Waals surface area contributed by atoms with E-state index in [1.807, 2.05) is 24.3 Å². The molecule has 1 atom stereocenters. The number of ether oxygens (including phenoxy) is 1. The molecule has 2 rings (SSSR count). The molecule has 1 aromatic rings. The number of esters is 1. The summed E-state index contributed by atoms with van der Waals surface area (Å²) in [5.41, 5.74) is 1.14. The molecule has 0 saturated carbocycles. The van der Waals surface area contributed by atoms with E-state index in [1.54, 1.807) is 13.8 Å². The molecular weight excluding hydrogens is 310 g/mol. The van der Waals surface area contributed by atoms with Gasteiger partial charge >= 0.3 is 5.97 Å². The van der Waals surface area contributed by atoms with Crippen molar-refractivity contribution in [3.8, 4) is 0 Å². The third kappa shape index (κ3) is 4.72. The molecule has 0 amide bonds. The molecule has 0 saturated heterocycles. The number of thioether (sulfide) groups is 1. The van der Waals surface area contributed by atoms with Gasteiger partial charge in [0.1, 0.15) is 11.9 Å². The topological polar surface area (TPSA) is 72.5 Å². The fraction of sp³-hybridized carbons (Fsp3) is 0.500. The minimum absolute atomic E-state index is 0.117. The van der Waals surface area contributed by atoms with E-state index in [0.29, 0.717) is 6.42 Å². The van der Waals surface area contributed by atoms with E-state index < -0.39 is 10.0 Å². The zero-order valence-corrected chi connectivity index (χ0v) is 13.7. The third-order valence-electron chi connectivity index (χ3n) is 2.92. The number of benzene rings is 1. The summed E-state index contributed by atoms with van der Waals surface area (Å²) >= 11 is 1.47. The fourth-order valence-electron chi connectivity index (χ4n) is 2.08. The molecule has 0 aromatic heterocycles. The Morgan fingerprint density at radius 1 is 1.43 bits per heavy atom. The van der Waals surface area contributed by atoms with Gasteiger partial charge in [-0.05, 0) is 31.9 Å². The summed E-state index contributed by atoms with van der Waals surface area (Å²) < 4.78 is 30.8. The largest absolute Gasteiger partial charge is 0.464 e. The molecule has 21 heavy (non-hydrogen) atoms. The maximum atomic E-state index is 12.0. The molecule has 5 nitrogen and oxygen atoms in total. The first-order valence-corrected chi connectivity index (χ1v) is 9.32. The number of sulfonamides is 1. The van der Waals surface area contributed by atoms with Crippen molar-refractivity contribution >= 4 is 27.8 Å². The van der Waals surface area contributed by atoms with Gasteiger partial charge < -0.3 is 4.74 Å². The summed E-state index contributed by atoms with van der Waals surface area (Å²) in [7, 11) is -3.39. The summed E-state index contributed by atoms with van der Waals surface area (Å²) in [4.78, 5) is 13.1. The van der Waals surface area contributed by atoms with Crippen molar-refractivity contribution in [1.82, 2.24) is 4.72 Å². The Bertz CT molecular complexity index is 588. The Kier molecular flexibility index (Phi) is 5.29. The zero-order chi connectivity index (χ0) is 15.5. The molecule has 1 aliphatic heterocycles. The predicted octanol–water partition coefficient (Wildman–Crippen LogP) is 1.57. The molecule has 1 aromatic carbocycles. The Morgan fingerprint density at radius 3 is 2.81 bits per heavy atom. The lowest BCUT2D eigenvalue weighted by Gasteiger charge is -2.11. The maximum absolute atomic E-state index is 12.0. The van der Waals surface area contributed by atoms with Gasteiger partial charge in [0.15, 0.2) is 0 Å². The highest BCUT2D eigenvalue weighted by molar-refractivity contribution is 8.01. The van der Waals surface area contributed by atoms with Gasteiger partial charge in [-0.3, -0.25) is 4.79 Å². The smallest absolute Gasteiger partial charge is 0.319 e. The van der Waals surface area contributed by atoms with Crippen LogP contribution in [0.2, 0.25) is 0 Å². The summed E-state index contributed by atoms with van der Waals surface area (Å²) in [6, 6.07) is 7.68. The van der Waals surface area contributed by atoms with E-state index in [1.165, 1.54) is 11.8 Å². The van der Waals surface area contributed by atoms with Crippen molar-refractivity contribution in [1.29, 1.82) is 0 Å². The van der Waals surface area contributed by atoms with Gasteiger partial charge in [0.2, 0.25) is 10.0 Å². The Balaban J connectivity index is 1.79. The van der Waals surface area contributed by atoms with Crippen LogP contribution in [0.5, 0.6) is 0 Å². The van der Waals surface area contributed by atoms with Crippen molar-refractivity contribution in [2.45, 2.75) is 36.5 Å². The van der Waals surface area contributed by atoms with E-state index in [4.69, 9.17) is 4.74 Å². The second-order valence-electron chi connectivity index (χ2n) is 5.18. The summed E-state index contributed by atoms with van der Waals surface area (Å²) in [5.74, 6) is -0.558. The van der Waals surface area contributed by atoms with Crippen molar-refractivity contribution in [2.75, 3.05) is 12.4 Å². The van der Waals surface area contributed by atoms with E-state index in [2.05, 4.69) is 4.72 Å². The molecule has 0 spiro atoms. The minimum Gasteiger partial charge on any atom is -0.464 e. The molecule has 1 N–H and O–H groups in total. The number of carbonyl (C=O) groups is 1. The molecule has 1 heterocycles. The number of fused-ring (bicyclic) bond motifs is 1. The van der Waals surface area contributed by atoms with Crippen molar-refractivity contribution in [2.24, 2.45) is 0 Å². The second-order valence-corrected chi connectivity index (χ2v) is 8.30. The molecule has 0 radical (unpaired) electrons. The second kappa shape index (κ2) is 6.81. The number of hydrogen-bond donors (Lipinski definition) is 1. The van der Waals surface area contributed by atoms with Crippen LogP contribution in [-0.2, 0) is 26.0 Å². The molecular formula is C14H19NO4S2. The number of rotatable bonds is 6. The van der Waals surface area contributed by atoms with Gasteiger partial charge in [-0.15, -0.1) is 11.8 Å². The molecule has 1 unspecified atom stereocenters. The first-order valence-electron chi connectivity index (χ1n) is 6.78. The zero-order valence-electron chi connectivity index (χ0n) is 12.0. The summed E-state index contributed by atoms with van der Waals surface area (Å²) in [6.45, 7) is 3.38. The van der Waals surface area contributed by atoms with Gasteiger partial charge in [-0.1, -0.05) is 18.2 Å². The van der Waals surface area contributed by atoms with Crippen molar-refractivity contribution in [3.05, 3.63) is 29.8 Å². The lowest BCUT2D eigenvalue weighted by Crippen LogP contribution is -2.34. The van der Waals surface area contributed by atoms with Crippen LogP contribution in [0.1, 0.15) is 19.4 Å². The first kappa shape index (κ1) is 16.3. The fourth-order valence-corrected chi connectivity index (χ4v) is 4.41. The summed E-state index contributed by atoms with van der Waals surface area (Å²) in [6.07, 6.45) is 0.636. The third-order valence-corrected chi connectivity index (χ3v) is 5.75. The maximum Gasteiger partial charge on any atom is 0.319 e. The number of nitrogens with one attached hydrogen (secondary N) is 1. The first-order chi connectivity index (χ1) is 9.87. The van der Waals surface area contributed by atoms with Crippen LogP contribution in [0.15, 0.2) is 29.2 Å². The molecule has 7 heteroatoms. The molecule has 1 aliphatic rings. The van der Waals surface area contributed by atoms with E-state index in [9.17, 15) is 13.2 Å². The van der Waals surface area contributed by atoms with Crippen LogP contribution in [-0.4, -0.2) is 38.0 Å². The Morgan fingerprint density at radius 2 is 2.14 bits per heavy atom. The molecule has 0 bridgehead atoms. The predicted molar refractivity (Wildman–Crippen MR) is 82.8 cm³/mol. The van der Waals surface area contributed by atoms with Crippen LogP contribution in [0.3, 0.4) is 0 Å². The molecule has 116 valence electrons. The Hall–Kier alpha value is -1.05. The van der Waals surface area contributed by atoms with Crippen LogP contribution < -0.4 is 4.72 Å². The highest BCUT2D eigenvalue weighted by Gasteiger charge is 2.29. The highest BCUT2D eigenvalue weighted by Crippen LogP contribution is 2.37. The molecule has 0 fully saturated rings. The van der Waals surface area contributed by atoms with E-state index in [0.717, 1.165) is 10.5 Å². The highest BCUT2D eigenvalue weighted by atomic mass is 32.2. The Labute approximate surface area is 129 Å². The SMILES string of the molecule is CC(C)NS(=O)(=O)CCOC(=O)C1Cc2ccccc2S1. The van der Waals surface area contributed by atoms with Crippen molar-refractivity contribution in [3.63, 3.8) is 0 Å². The summed E-state index contributed by atoms with van der Waals surface area (Å²) in [5, 5.41) is -0.275. The minimum atomic E-state index is -3.39. The van der Waals surface area contributed by atoms with Crippen molar-refractivity contribution < 1.29 is 17.9 Å². The average molecular weight is 329 g/mol. The van der Waals surface area contributed by atoms with Crippen LogP contribution >= 0.6 is 11.8 Å².